The monoisotopic (exact) mass is 586 g/mol. The van der Waals surface area contributed by atoms with Gasteiger partial charge in [-0.15, -0.1) is 0 Å². The summed E-state index contributed by atoms with van der Waals surface area (Å²) in [6.45, 7) is 29.5. The highest BCUT2D eigenvalue weighted by atomic mass is 16.5. The van der Waals surface area contributed by atoms with Gasteiger partial charge in [0.25, 0.3) is 0 Å². The Balaban J connectivity index is 2.34. The zero-order valence-electron chi connectivity index (χ0n) is 30.1. The van der Waals surface area contributed by atoms with Crippen LogP contribution in [0, 0.1) is 20.8 Å². The van der Waals surface area contributed by atoms with E-state index in [1.54, 1.807) is 21.3 Å². The van der Waals surface area contributed by atoms with Gasteiger partial charge in [0, 0.05) is 5.92 Å². The number of methoxy groups -OCH3 is 3. The zero-order chi connectivity index (χ0) is 32.7. The van der Waals surface area contributed by atoms with Crippen LogP contribution in [0.25, 0.3) is 0 Å². The second kappa shape index (κ2) is 12.6. The minimum Gasteiger partial charge on any atom is -0.496 e. The van der Waals surface area contributed by atoms with Gasteiger partial charge in [0.05, 0.1) is 21.3 Å². The number of hydrogen-bond donors (Lipinski definition) is 0. The van der Waals surface area contributed by atoms with Crippen molar-refractivity contribution in [1.82, 2.24) is 0 Å². The van der Waals surface area contributed by atoms with Crippen molar-refractivity contribution in [2.24, 2.45) is 0 Å². The molecule has 0 aliphatic heterocycles. The van der Waals surface area contributed by atoms with E-state index < -0.39 is 0 Å². The van der Waals surface area contributed by atoms with E-state index in [2.05, 4.69) is 126 Å². The zero-order valence-corrected chi connectivity index (χ0v) is 30.1. The van der Waals surface area contributed by atoms with E-state index in [1.165, 1.54) is 50.1 Å². The maximum Gasteiger partial charge on any atom is 0.122 e. The fourth-order valence-corrected chi connectivity index (χ4v) is 6.54. The highest BCUT2D eigenvalue weighted by Gasteiger charge is 2.30. The molecule has 3 aromatic rings. The molecular formula is C40H58O3. The standard InChI is InChI=1S/C40H58O3/c1-24(28-21-32(38(5,6)7)35(41-14)18-25(28)2)17-31(29-22-33(39(8,9)10)36(42-15)19-26(29)3)30-23-34(40(11,12)13)37(43-16)20-27(30)4/h18-24,31H,17H2,1-16H3. The third kappa shape index (κ3) is 7.41. The molecule has 43 heavy (non-hydrogen) atoms. The third-order valence-corrected chi connectivity index (χ3v) is 9.06. The van der Waals surface area contributed by atoms with E-state index >= 15 is 0 Å². The Morgan fingerprint density at radius 1 is 0.488 bits per heavy atom. The van der Waals surface area contributed by atoms with Crippen LogP contribution in [0.3, 0.4) is 0 Å². The van der Waals surface area contributed by atoms with Crippen molar-refractivity contribution in [3.05, 3.63) is 86.5 Å². The molecular weight excluding hydrogens is 528 g/mol. The summed E-state index contributed by atoms with van der Waals surface area (Å²) in [4.78, 5) is 0. The van der Waals surface area contributed by atoms with Gasteiger partial charge in [0.1, 0.15) is 17.2 Å². The van der Waals surface area contributed by atoms with E-state index in [1.807, 2.05) is 0 Å². The lowest BCUT2D eigenvalue weighted by molar-refractivity contribution is 0.396. The largest absolute Gasteiger partial charge is 0.496 e. The van der Waals surface area contributed by atoms with Gasteiger partial charge < -0.3 is 14.2 Å². The summed E-state index contributed by atoms with van der Waals surface area (Å²) in [5, 5.41) is 0. The fraction of sp³-hybridized carbons (Fsp3) is 0.550. The summed E-state index contributed by atoms with van der Waals surface area (Å²) < 4.78 is 17.7. The third-order valence-electron chi connectivity index (χ3n) is 9.06. The first-order chi connectivity index (χ1) is 19.7. The Morgan fingerprint density at radius 2 is 0.767 bits per heavy atom. The first-order valence-corrected chi connectivity index (χ1v) is 15.8. The van der Waals surface area contributed by atoms with Crippen LogP contribution in [0.5, 0.6) is 17.2 Å². The van der Waals surface area contributed by atoms with E-state index in [0.29, 0.717) is 5.92 Å². The Hall–Kier alpha value is -2.94. The Labute approximate surface area is 263 Å². The van der Waals surface area contributed by atoms with Gasteiger partial charge in [-0.2, -0.15) is 0 Å². The second-order valence-electron chi connectivity index (χ2n) is 15.7. The number of hydrogen-bond acceptors (Lipinski definition) is 3. The predicted molar refractivity (Wildman–Crippen MR) is 184 cm³/mol. The van der Waals surface area contributed by atoms with Gasteiger partial charge in [0.2, 0.25) is 0 Å². The van der Waals surface area contributed by atoms with Crippen molar-refractivity contribution in [3.8, 4) is 17.2 Å². The lowest BCUT2D eigenvalue weighted by Gasteiger charge is -2.32. The predicted octanol–water partition coefficient (Wildman–Crippen LogP) is 10.9. The maximum atomic E-state index is 5.92. The quantitative estimate of drug-likeness (QED) is 0.263. The normalized spacial score (nSPS) is 13.3. The molecule has 1 atom stereocenters. The van der Waals surface area contributed by atoms with Gasteiger partial charge in [-0.3, -0.25) is 0 Å². The highest BCUT2D eigenvalue weighted by molar-refractivity contribution is 5.54. The van der Waals surface area contributed by atoms with E-state index in [4.69, 9.17) is 14.2 Å². The molecule has 0 bridgehead atoms. The summed E-state index contributed by atoms with van der Waals surface area (Å²) in [6.07, 6.45) is 0.976. The summed E-state index contributed by atoms with van der Waals surface area (Å²) >= 11 is 0. The lowest BCUT2D eigenvalue weighted by Crippen LogP contribution is -2.18. The molecule has 0 N–H and O–H groups in total. The summed E-state index contributed by atoms with van der Waals surface area (Å²) in [5.74, 6) is 3.40. The first kappa shape index (κ1) is 34.5. The van der Waals surface area contributed by atoms with E-state index in [0.717, 1.165) is 23.7 Å². The molecule has 0 aliphatic carbocycles. The van der Waals surface area contributed by atoms with Crippen LogP contribution in [0.4, 0.5) is 0 Å². The topological polar surface area (TPSA) is 27.7 Å². The number of aryl methyl sites for hydroxylation is 3. The van der Waals surface area contributed by atoms with E-state index in [-0.39, 0.29) is 22.2 Å². The average Bonchev–Trinajstić information content (AvgIpc) is 2.89. The van der Waals surface area contributed by atoms with Gasteiger partial charge in [-0.25, -0.2) is 0 Å². The van der Waals surface area contributed by atoms with Crippen LogP contribution in [0.1, 0.15) is 138 Å². The molecule has 0 spiro atoms. The molecule has 0 saturated carbocycles. The Kier molecular flexibility index (Phi) is 10.1. The SMILES string of the molecule is COc1cc(C)c(C(C)CC(c2cc(C(C)(C)C)c(OC)cc2C)c2cc(C(C)(C)C)c(OC)cc2C)cc1C(C)(C)C. The molecule has 3 rings (SSSR count). The van der Waals surface area contributed by atoms with Crippen molar-refractivity contribution in [2.75, 3.05) is 21.3 Å². The molecule has 3 heteroatoms. The summed E-state index contributed by atoms with van der Waals surface area (Å²) in [5.41, 5.74) is 11.5. The van der Waals surface area contributed by atoms with Crippen LogP contribution < -0.4 is 14.2 Å². The van der Waals surface area contributed by atoms with Crippen LogP contribution in [-0.2, 0) is 16.2 Å². The van der Waals surface area contributed by atoms with Crippen molar-refractivity contribution in [3.63, 3.8) is 0 Å². The fourth-order valence-electron chi connectivity index (χ4n) is 6.54. The molecule has 0 fully saturated rings. The lowest BCUT2D eigenvalue weighted by atomic mass is 9.74. The van der Waals surface area contributed by atoms with Crippen LogP contribution >= 0.6 is 0 Å². The molecule has 0 heterocycles. The molecule has 0 saturated heterocycles. The summed E-state index contributed by atoms with van der Waals surface area (Å²) in [6, 6.07) is 14.0. The van der Waals surface area contributed by atoms with Gasteiger partial charge >= 0.3 is 0 Å². The Bertz CT molecular complexity index is 1370. The van der Waals surface area contributed by atoms with Crippen molar-refractivity contribution < 1.29 is 14.2 Å². The van der Waals surface area contributed by atoms with Crippen LogP contribution in [-0.4, -0.2) is 21.3 Å². The molecule has 0 aliphatic rings. The molecule has 3 aromatic carbocycles. The first-order valence-electron chi connectivity index (χ1n) is 15.8. The van der Waals surface area contributed by atoms with Gasteiger partial charge in [-0.05, 0) is 118 Å². The van der Waals surface area contributed by atoms with Crippen molar-refractivity contribution >= 4 is 0 Å². The second-order valence-corrected chi connectivity index (χ2v) is 15.7. The highest BCUT2D eigenvalue weighted by Crippen LogP contribution is 2.46. The van der Waals surface area contributed by atoms with Crippen LogP contribution in [0.2, 0.25) is 0 Å². The maximum absolute atomic E-state index is 5.92. The number of ether oxygens (including phenoxy) is 3. The van der Waals surface area contributed by atoms with Gasteiger partial charge in [0.15, 0.2) is 0 Å². The molecule has 0 amide bonds. The van der Waals surface area contributed by atoms with Crippen molar-refractivity contribution in [2.45, 2.75) is 125 Å². The molecule has 3 nitrogen and oxygen atoms in total. The smallest absolute Gasteiger partial charge is 0.122 e. The molecule has 236 valence electrons. The van der Waals surface area contributed by atoms with Crippen molar-refractivity contribution in [1.29, 1.82) is 0 Å². The van der Waals surface area contributed by atoms with E-state index in [9.17, 15) is 0 Å². The minimum absolute atomic E-state index is 0.0186. The number of benzene rings is 3. The Morgan fingerprint density at radius 3 is 1.05 bits per heavy atom. The molecule has 1 unspecified atom stereocenters. The van der Waals surface area contributed by atoms with Crippen LogP contribution in [0.15, 0.2) is 36.4 Å². The minimum atomic E-state index is -0.0519. The summed E-state index contributed by atoms with van der Waals surface area (Å²) in [7, 11) is 5.35. The van der Waals surface area contributed by atoms with Gasteiger partial charge in [-0.1, -0.05) is 87.4 Å². The molecule has 0 radical (unpaired) electrons. The average molecular weight is 587 g/mol. The molecule has 0 aromatic heterocycles. The number of rotatable bonds is 8.